The molecular weight excluding hydrogens is 212 g/mol. The molecule has 0 amide bonds. The van der Waals surface area contributed by atoms with Crippen LogP contribution in [0.3, 0.4) is 0 Å². The summed E-state index contributed by atoms with van der Waals surface area (Å²) in [6, 6.07) is 6.08. The fourth-order valence-corrected chi connectivity index (χ4v) is 1.90. The van der Waals surface area contributed by atoms with Gasteiger partial charge in [-0.05, 0) is 25.5 Å². The van der Waals surface area contributed by atoms with Gasteiger partial charge >= 0.3 is 0 Å². The molecule has 0 saturated heterocycles. The van der Waals surface area contributed by atoms with E-state index in [2.05, 4.69) is 30.0 Å². The average Bonchev–Trinajstić information content (AvgIpc) is 2.74. The second-order valence-electron chi connectivity index (χ2n) is 4.02. The molecule has 0 radical (unpaired) electrons. The summed E-state index contributed by atoms with van der Waals surface area (Å²) in [5.41, 5.74) is 9.25. The lowest BCUT2D eigenvalue weighted by Crippen LogP contribution is -2.05. The predicted molar refractivity (Wildman–Crippen MR) is 68.7 cm³/mol. The Hall–Kier alpha value is -1.84. The van der Waals surface area contributed by atoms with Crippen molar-refractivity contribution in [1.82, 2.24) is 14.8 Å². The Labute approximate surface area is 101 Å². The van der Waals surface area contributed by atoms with Crippen molar-refractivity contribution in [2.75, 3.05) is 5.73 Å². The molecule has 0 bridgehead atoms. The first-order valence-electron chi connectivity index (χ1n) is 5.99. The second kappa shape index (κ2) is 4.99. The third kappa shape index (κ3) is 2.46. The number of aromatic nitrogens is 3. The van der Waals surface area contributed by atoms with Gasteiger partial charge in [-0.3, -0.25) is 4.68 Å². The Morgan fingerprint density at radius 1 is 1.35 bits per heavy atom. The van der Waals surface area contributed by atoms with Crippen molar-refractivity contribution in [3.63, 3.8) is 0 Å². The van der Waals surface area contributed by atoms with Crippen molar-refractivity contribution in [2.24, 2.45) is 0 Å². The van der Waals surface area contributed by atoms with E-state index in [0.29, 0.717) is 5.82 Å². The summed E-state index contributed by atoms with van der Waals surface area (Å²) >= 11 is 0. The monoisotopic (exact) mass is 230 g/mol. The summed E-state index contributed by atoms with van der Waals surface area (Å²) in [6.07, 6.45) is 3.47. The van der Waals surface area contributed by atoms with E-state index in [0.717, 1.165) is 30.6 Å². The summed E-state index contributed by atoms with van der Waals surface area (Å²) in [7, 11) is 0. The minimum absolute atomic E-state index is 0.606. The van der Waals surface area contributed by atoms with Crippen LogP contribution in [0.15, 0.2) is 24.4 Å². The van der Waals surface area contributed by atoms with Gasteiger partial charge in [0.2, 0.25) is 0 Å². The number of nitrogens with zero attached hydrogens (tertiary/aromatic N) is 3. The largest absolute Gasteiger partial charge is 0.383 e. The molecule has 0 saturated carbocycles. The fraction of sp³-hybridized carbons (Fsp3) is 0.385. The van der Waals surface area contributed by atoms with Crippen LogP contribution in [-0.2, 0) is 19.4 Å². The zero-order chi connectivity index (χ0) is 12.3. The molecule has 0 unspecified atom stereocenters. The van der Waals surface area contributed by atoms with E-state index in [1.165, 1.54) is 5.69 Å². The second-order valence-corrected chi connectivity index (χ2v) is 4.02. The smallest absolute Gasteiger partial charge is 0.126 e. The van der Waals surface area contributed by atoms with Gasteiger partial charge in [0, 0.05) is 30.4 Å². The standard InChI is InChI=1S/C13H18N4/c1-3-11-9-12(17(4-2)16-11)8-10-6-5-7-15-13(10)14/h5-7,9H,3-4,8H2,1-2H3,(H2,14,15). The molecule has 17 heavy (non-hydrogen) atoms. The van der Waals surface area contributed by atoms with Crippen LogP contribution >= 0.6 is 0 Å². The third-order valence-electron chi connectivity index (χ3n) is 2.87. The number of aryl methyl sites for hydroxylation is 2. The molecule has 4 nitrogen and oxygen atoms in total. The van der Waals surface area contributed by atoms with E-state index in [9.17, 15) is 0 Å². The van der Waals surface area contributed by atoms with Gasteiger partial charge in [0.05, 0.1) is 5.69 Å². The lowest BCUT2D eigenvalue weighted by atomic mass is 10.1. The molecule has 90 valence electrons. The SMILES string of the molecule is CCc1cc(Cc2cccnc2N)n(CC)n1. The Bertz CT molecular complexity index is 502. The molecular formula is C13H18N4. The maximum absolute atomic E-state index is 5.86. The molecule has 2 heterocycles. The van der Waals surface area contributed by atoms with Crippen LogP contribution in [0.2, 0.25) is 0 Å². The van der Waals surface area contributed by atoms with Gasteiger partial charge in [-0.25, -0.2) is 4.98 Å². The molecule has 2 rings (SSSR count). The van der Waals surface area contributed by atoms with Gasteiger partial charge < -0.3 is 5.73 Å². The van der Waals surface area contributed by atoms with E-state index in [1.54, 1.807) is 6.20 Å². The molecule has 0 fully saturated rings. The first kappa shape index (κ1) is 11.6. The lowest BCUT2D eigenvalue weighted by Gasteiger charge is -2.06. The van der Waals surface area contributed by atoms with Crippen molar-refractivity contribution in [3.8, 4) is 0 Å². The molecule has 0 aliphatic heterocycles. The van der Waals surface area contributed by atoms with Gasteiger partial charge in [0.15, 0.2) is 0 Å². The van der Waals surface area contributed by atoms with Crippen molar-refractivity contribution in [1.29, 1.82) is 0 Å². The van der Waals surface area contributed by atoms with Gasteiger partial charge in [0.25, 0.3) is 0 Å². The van der Waals surface area contributed by atoms with E-state index in [1.807, 2.05) is 16.8 Å². The highest BCUT2D eigenvalue weighted by Gasteiger charge is 2.08. The van der Waals surface area contributed by atoms with E-state index in [-0.39, 0.29) is 0 Å². The summed E-state index contributed by atoms with van der Waals surface area (Å²) in [5.74, 6) is 0.606. The summed E-state index contributed by atoms with van der Waals surface area (Å²) in [6.45, 7) is 5.10. The Morgan fingerprint density at radius 2 is 2.18 bits per heavy atom. The molecule has 2 aromatic heterocycles. The molecule has 0 aromatic carbocycles. The number of pyridine rings is 1. The van der Waals surface area contributed by atoms with Gasteiger partial charge in [-0.15, -0.1) is 0 Å². The molecule has 0 spiro atoms. The van der Waals surface area contributed by atoms with Gasteiger partial charge in [-0.1, -0.05) is 13.0 Å². The van der Waals surface area contributed by atoms with Crippen LogP contribution in [0, 0.1) is 0 Å². The van der Waals surface area contributed by atoms with E-state index < -0.39 is 0 Å². The predicted octanol–water partition coefficient (Wildman–Crippen LogP) is 2.03. The van der Waals surface area contributed by atoms with E-state index in [4.69, 9.17) is 5.73 Å². The summed E-state index contributed by atoms with van der Waals surface area (Å²) in [4.78, 5) is 4.11. The molecule has 0 aliphatic carbocycles. The van der Waals surface area contributed by atoms with Crippen LogP contribution in [0.1, 0.15) is 30.8 Å². The first-order valence-corrected chi connectivity index (χ1v) is 5.99. The Balaban J connectivity index is 2.29. The minimum atomic E-state index is 0.606. The van der Waals surface area contributed by atoms with Crippen molar-refractivity contribution < 1.29 is 0 Å². The Morgan fingerprint density at radius 3 is 2.82 bits per heavy atom. The maximum atomic E-state index is 5.86. The average molecular weight is 230 g/mol. The van der Waals surface area contributed by atoms with Crippen molar-refractivity contribution in [2.45, 2.75) is 33.2 Å². The molecule has 4 heteroatoms. The quantitative estimate of drug-likeness (QED) is 0.874. The van der Waals surface area contributed by atoms with Crippen LogP contribution in [0.25, 0.3) is 0 Å². The number of hydrogen-bond acceptors (Lipinski definition) is 3. The van der Waals surface area contributed by atoms with Crippen molar-refractivity contribution in [3.05, 3.63) is 41.3 Å². The lowest BCUT2D eigenvalue weighted by molar-refractivity contribution is 0.621. The zero-order valence-electron chi connectivity index (χ0n) is 10.3. The fourth-order valence-electron chi connectivity index (χ4n) is 1.90. The third-order valence-corrected chi connectivity index (χ3v) is 2.87. The molecule has 0 atom stereocenters. The van der Waals surface area contributed by atoms with Crippen LogP contribution in [0.5, 0.6) is 0 Å². The number of hydrogen-bond donors (Lipinski definition) is 1. The van der Waals surface area contributed by atoms with Gasteiger partial charge in [-0.2, -0.15) is 5.10 Å². The first-order chi connectivity index (χ1) is 8.24. The number of nitrogen functional groups attached to an aromatic ring is 1. The normalized spacial score (nSPS) is 10.7. The van der Waals surface area contributed by atoms with E-state index >= 15 is 0 Å². The van der Waals surface area contributed by atoms with Crippen LogP contribution < -0.4 is 5.73 Å². The molecule has 2 aromatic rings. The number of nitrogens with two attached hydrogens (primary N) is 1. The topological polar surface area (TPSA) is 56.7 Å². The van der Waals surface area contributed by atoms with Crippen LogP contribution in [-0.4, -0.2) is 14.8 Å². The highest BCUT2D eigenvalue weighted by molar-refractivity contribution is 5.41. The molecule has 0 aliphatic rings. The van der Waals surface area contributed by atoms with Crippen molar-refractivity contribution >= 4 is 5.82 Å². The van der Waals surface area contributed by atoms with Gasteiger partial charge in [0.1, 0.15) is 5.82 Å². The minimum Gasteiger partial charge on any atom is -0.383 e. The summed E-state index contributed by atoms with van der Waals surface area (Å²) in [5, 5.41) is 4.53. The van der Waals surface area contributed by atoms with Crippen LogP contribution in [0.4, 0.5) is 5.82 Å². The Kier molecular flexibility index (Phi) is 3.42. The highest BCUT2D eigenvalue weighted by atomic mass is 15.3. The highest BCUT2D eigenvalue weighted by Crippen LogP contribution is 2.15. The number of anilines is 1. The zero-order valence-corrected chi connectivity index (χ0v) is 10.3. The maximum Gasteiger partial charge on any atom is 0.126 e. The summed E-state index contributed by atoms with van der Waals surface area (Å²) < 4.78 is 2.03. The molecule has 2 N–H and O–H groups in total. The number of rotatable bonds is 4.